The molecular formula is C21H32O4. The van der Waals surface area contributed by atoms with Crippen molar-refractivity contribution in [2.75, 3.05) is 6.61 Å². The number of carbonyl (C=O) groups excluding carboxylic acids is 2. The Morgan fingerprint density at radius 2 is 1.92 bits per heavy atom. The molecule has 0 bridgehead atoms. The van der Waals surface area contributed by atoms with Gasteiger partial charge in [-0.3, -0.25) is 9.59 Å². The molecule has 0 aromatic rings. The zero-order valence-corrected chi connectivity index (χ0v) is 15.5. The fraction of sp³-hybridized carbons (Fsp3) is 0.905. The molecule has 4 aliphatic rings. The number of fused-ring (bicyclic) bond motifs is 5. The van der Waals surface area contributed by atoms with Crippen LogP contribution in [-0.2, 0) is 9.59 Å². The highest BCUT2D eigenvalue weighted by Gasteiger charge is 2.63. The predicted octanol–water partition coefficient (Wildman–Crippen LogP) is 2.75. The van der Waals surface area contributed by atoms with Crippen LogP contribution < -0.4 is 0 Å². The normalized spacial score (nSPS) is 52.2. The van der Waals surface area contributed by atoms with Crippen LogP contribution in [0.5, 0.6) is 0 Å². The summed E-state index contributed by atoms with van der Waals surface area (Å²) in [7, 11) is 0. The molecule has 140 valence electrons. The van der Waals surface area contributed by atoms with Gasteiger partial charge in [-0.25, -0.2) is 0 Å². The third-order valence-corrected chi connectivity index (χ3v) is 8.95. The van der Waals surface area contributed by atoms with Gasteiger partial charge in [-0.2, -0.15) is 0 Å². The number of ketones is 2. The molecule has 25 heavy (non-hydrogen) atoms. The topological polar surface area (TPSA) is 74.6 Å². The van der Waals surface area contributed by atoms with E-state index < -0.39 is 0 Å². The van der Waals surface area contributed by atoms with Gasteiger partial charge in [0.2, 0.25) is 0 Å². The number of aliphatic hydroxyl groups excluding tert-OH is 2. The average molecular weight is 348 g/mol. The van der Waals surface area contributed by atoms with Crippen LogP contribution in [0.25, 0.3) is 0 Å². The molecule has 4 heteroatoms. The lowest BCUT2D eigenvalue weighted by Crippen LogP contribution is -2.59. The van der Waals surface area contributed by atoms with E-state index in [-0.39, 0.29) is 41.2 Å². The van der Waals surface area contributed by atoms with Crippen LogP contribution in [0.2, 0.25) is 0 Å². The molecule has 4 fully saturated rings. The molecule has 0 aliphatic heterocycles. The second kappa shape index (κ2) is 5.88. The van der Waals surface area contributed by atoms with E-state index in [4.69, 9.17) is 0 Å². The van der Waals surface area contributed by atoms with E-state index >= 15 is 0 Å². The Labute approximate surface area is 150 Å². The summed E-state index contributed by atoms with van der Waals surface area (Å²) >= 11 is 0. The lowest BCUT2D eigenvalue weighted by molar-refractivity contribution is -0.174. The summed E-state index contributed by atoms with van der Waals surface area (Å²) in [5.74, 6) is 1.86. The van der Waals surface area contributed by atoms with Crippen molar-refractivity contribution in [1.82, 2.24) is 0 Å². The van der Waals surface area contributed by atoms with Crippen LogP contribution in [0, 0.1) is 40.4 Å². The van der Waals surface area contributed by atoms with Crippen LogP contribution in [0.4, 0.5) is 0 Å². The first-order valence-corrected chi connectivity index (χ1v) is 10.1. The number of carbonyl (C=O) groups is 2. The number of hydrogen-bond acceptors (Lipinski definition) is 4. The Hall–Kier alpha value is -0.740. The summed E-state index contributed by atoms with van der Waals surface area (Å²) in [5.41, 5.74) is -0.106. The van der Waals surface area contributed by atoms with Crippen molar-refractivity contribution in [2.45, 2.75) is 71.3 Å². The van der Waals surface area contributed by atoms with E-state index in [1.165, 1.54) is 0 Å². The lowest BCUT2D eigenvalue weighted by Gasteiger charge is -2.61. The molecule has 8 atom stereocenters. The maximum absolute atomic E-state index is 12.3. The second-order valence-corrected chi connectivity index (χ2v) is 9.85. The molecule has 4 rings (SSSR count). The molecular weight excluding hydrogens is 316 g/mol. The molecule has 0 amide bonds. The van der Waals surface area contributed by atoms with Gasteiger partial charge in [0, 0.05) is 18.8 Å². The molecule has 0 heterocycles. The first kappa shape index (κ1) is 17.7. The van der Waals surface area contributed by atoms with E-state index in [9.17, 15) is 19.8 Å². The van der Waals surface area contributed by atoms with E-state index in [1.54, 1.807) is 0 Å². The van der Waals surface area contributed by atoms with Crippen LogP contribution in [0.15, 0.2) is 0 Å². The van der Waals surface area contributed by atoms with E-state index in [0.29, 0.717) is 42.8 Å². The highest BCUT2D eigenvalue weighted by Crippen LogP contribution is 2.67. The Morgan fingerprint density at radius 3 is 2.64 bits per heavy atom. The quantitative estimate of drug-likeness (QED) is 0.805. The van der Waals surface area contributed by atoms with Crippen molar-refractivity contribution >= 4 is 11.6 Å². The first-order valence-electron chi connectivity index (χ1n) is 10.1. The van der Waals surface area contributed by atoms with Gasteiger partial charge in [0.1, 0.15) is 12.4 Å². The fourth-order valence-electron chi connectivity index (χ4n) is 7.81. The van der Waals surface area contributed by atoms with Crippen molar-refractivity contribution < 1.29 is 19.8 Å². The molecule has 0 aromatic heterocycles. The summed E-state index contributed by atoms with van der Waals surface area (Å²) in [6.45, 7) is 4.12. The van der Waals surface area contributed by atoms with E-state index in [2.05, 4.69) is 13.8 Å². The molecule has 0 aromatic carbocycles. The number of rotatable bonds is 2. The molecule has 0 saturated heterocycles. The van der Waals surface area contributed by atoms with Crippen LogP contribution in [0.1, 0.15) is 65.2 Å². The maximum Gasteiger partial charge on any atom is 0.161 e. The summed E-state index contributed by atoms with van der Waals surface area (Å²) in [6, 6.07) is 0. The number of aliphatic hydroxyl groups is 2. The summed E-state index contributed by atoms with van der Waals surface area (Å²) < 4.78 is 0. The molecule has 4 aliphatic carbocycles. The number of Topliss-reactive ketones (excluding diaryl/α,β-unsaturated/α-hetero) is 2. The molecule has 0 radical (unpaired) electrons. The molecule has 0 spiro atoms. The molecule has 2 N–H and O–H groups in total. The highest BCUT2D eigenvalue weighted by atomic mass is 16.3. The minimum absolute atomic E-state index is 0.0428. The number of hydrogen-bond donors (Lipinski definition) is 2. The van der Waals surface area contributed by atoms with Gasteiger partial charge in [0.05, 0.1) is 6.10 Å². The SMILES string of the molecule is CC12C[C@H](O)C3[C@@H](CCC4CC(=O)CCC43C)C1CCC2C(=O)CO. The standard InChI is InChI=1S/C21H32O4/c1-20-8-7-13(23)9-12(20)3-4-14-15-5-6-16(18(25)11-22)21(15,2)10-17(24)19(14)20/h12,14-17,19,22,24H,3-11H2,1-2H3/t12?,14-,15?,16?,17-,19?,20?,21?/m0/s1. The van der Waals surface area contributed by atoms with Crippen molar-refractivity contribution in [3.63, 3.8) is 0 Å². The largest absolute Gasteiger partial charge is 0.393 e. The van der Waals surface area contributed by atoms with Gasteiger partial charge in [-0.15, -0.1) is 0 Å². The summed E-state index contributed by atoms with van der Waals surface area (Å²) in [6.07, 6.45) is 6.62. The molecule has 4 nitrogen and oxygen atoms in total. The molecule has 6 unspecified atom stereocenters. The predicted molar refractivity (Wildman–Crippen MR) is 93.7 cm³/mol. The van der Waals surface area contributed by atoms with Crippen LogP contribution >= 0.6 is 0 Å². The zero-order chi connectivity index (χ0) is 18.0. The Kier molecular flexibility index (Phi) is 4.16. The minimum atomic E-state index is -0.389. The third kappa shape index (κ3) is 2.39. The fourth-order valence-corrected chi connectivity index (χ4v) is 7.81. The van der Waals surface area contributed by atoms with Gasteiger partial charge in [-0.05, 0) is 73.0 Å². The summed E-state index contributed by atoms with van der Waals surface area (Å²) in [4.78, 5) is 24.3. The lowest BCUT2D eigenvalue weighted by atomic mass is 9.44. The zero-order valence-electron chi connectivity index (χ0n) is 15.5. The van der Waals surface area contributed by atoms with Crippen molar-refractivity contribution in [3.05, 3.63) is 0 Å². The summed E-state index contributed by atoms with van der Waals surface area (Å²) in [5, 5.41) is 20.6. The third-order valence-electron chi connectivity index (χ3n) is 8.95. The maximum atomic E-state index is 12.3. The van der Waals surface area contributed by atoms with Gasteiger partial charge < -0.3 is 10.2 Å². The second-order valence-electron chi connectivity index (χ2n) is 9.85. The monoisotopic (exact) mass is 348 g/mol. The first-order chi connectivity index (χ1) is 11.8. The van der Waals surface area contributed by atoms with Crippen LogP contribution in [0.3, 0.4) is 0 Å². The Morgan fingerprint density at radius 1 is 1.16 bits per heavy atom. The van der Waals surface area contributed by atoms with Gasteiger partial charge in [0.15, 0.2) is 5.78 Å². The van der Waals surface area contributed by atoms with Gasteiger partial charge >= 0.3 is 0 Å². The van der Waals surface area contributed by atoms with Crippen molar-refractivity contribution in [1.29, 1.82) is 0 Å². The van der Waals surface area contributed by atoms with Crippen molar-refractivity contribution in [3.8, 4) is 0 Å². The van der Waals surface area contributed by atoms with E-state index in [1.807, 2.05) is 0 Å². The van der Waals surface area contributed by atoms with Gasteiger partial charge in [-0.1, -0.05) is 13.8 Å². The Balaban J connectivity index is 1.66. The Bertz CT molecular complexity index is 586. The minimum Gasteiger partial charge on any atom is -0.393 e. The van der Waals surface area contributed by atoms with E-state index in [0.717, 1.165) is 32.1 Å². The smallest absolute Gasteiger partial charge is 0.161 e. The molecule has 4 saturated carbocycles. The van der Waals surface area contributed by atoms with Gasteiger partial charge in [0.25, 0.3) is 0 Å². The van der Waals surface area contributed by atoms with Crippen molar-refractivity contribution in [2.24, 2.45) is 40.4 Å². The van der Waals surface area contributed by atoms with Crippen LogP contribution in [-0.4, -0.2) is 34.5 Å². The average Bonchev–Trinajstić information content (AvgIpc) is 2.91. The highest BCUT2D eigenvalue weighted by molar-refractivity contribution is 5.83.